The van der Waals surface area contributed by atoms with E-state index in [0.29, 0.717) is 17.6 Å². The SMILES string of the molecule is Cc1ncc(-c2csc(NC(N)=NCCCc3ccc(Cl)cc3)n2)[nH]1. The zero-order valence-electron chi connectivity index (χ0n) is 13.8. The van der Waals surface area contributed by atoms with Crippen LogP contribution >= 0.6 is 22.9 Å². The maximum Gasteiger partial charge on any atom is 0.194 e. The normalized spacial score (nSPS) is 11.7. The third kappa shape index (κ3) is 5.04. The molecule has 4 N–H and O–H groups in total. The van der Waals surface area contributed by atoms with E-state index in [1.165, 1.54) is 16.9 Å². The summed E-state index contributed by atoms with van der Waals surface area (Å²) in [7, 11) is 0. The Morgan fingerprint density at radius 3 is 2.88 bits per heavy atom. The average molecular weight is 375 g/mol. The molecule has 0 unspecified atom stereocenters. The molecule has 6 nitrogen and oxygen atoms in total. The first kappa shape index (κ1) is 17.4. The third-order valence-electron chi connectivity index (χ3n) is 3.54. The molecule has 0 saturated heterocycles. The number of benzene rings is 1. The fourth-order valence-electron chi connectivity index (χ4n) is 2.29. The zero-order chi connectivity index (χ0) is 17.6. The molecule has 3 rings (SSSR count). The summed E-state index contributed by atoms with van der Waals surface area (Å²) in [6, 6.07) is 7.86. The molecule has 0 aliphatic heterocycles. The van der Waals surface area contributed by atoms with Gasteiger partial charge in [-0.15, -0.1) is 11.3 Å². The number of aliphatic imine (C=N–C) groups is 1. The number of imidazole rings is 1. The molecule has 2 heterocycles. The summed E-state index contributed by atoms with van der Waals surface area (Å²) in [5.74, 6) is 1.23. The van der Waals surface area contributed by atoms with Crippen LogP contribution in [0.1, 0.15) is 17.8 Å². The lowest BCUT2D eigenvalue weighted by Crippen LogP contribution is -2.22. The van der Waals surface area contributed by atoms with E-state index in [-0.39, 0.29) is 0 Å². The van der Waals surface area contributed by atoms with Gasteiger partial charge in [0.25, 0.3) is 0 Å². The van der Waals surface area contributed by atoms with Crippen LogP contribution in [0.15, 0.2) is 40.8 Å². The van der Waals surface area contributed by atoms with Gasteiger partial charge in [-0.3, -0.25) is 4.99 Å². The van der Waals surface area contributed by atoms with Crippen LogP contribution in [0.25, 0.3) is 11.4 Å². The van der Waals surface area contributed by atoms with Gasteiger partial charge >= 0.3 is 0 Å². The number of aromatic amines is 1. The number of guanidine groups is 1. The molecule has 0 bridgehead atoms. The van der Waals surface area contributed by atoms with Crippen LogP contribution in [-0.4, -0.2) is 27.5 Å². The first-order valence-electron chi connectivity index (χ1n) is 7.89. The van der Waals surface area contributed by atoms with Crippen LogP contribution in [0.4, 0.5) is 5.13 Å². The summed E-state index contributed by atoms with van der Waals surface area (Å²) in [4.78, 5) is 16.2. The number of rotatable bonds is 6. The lowest BCUT2D eigenvalue weighted by atomic mass is 10.1. The van der Waals surface area contributed by atoms with Crippen molar-refractivity contribution >= 4 is 34.0 Å². The van der Waals surface area contributed by atoms with E-state index in [1.54, 1.807) is 6.20 Å². The molecule has 0 aliphatic carbocycles. The summed E-state index contributed by atoms with van der Waals surface area (Å²) >= 11 is 7.35. The molecule has 8 heteroatoms. The van der Waals surface area contributed by atoms with Crippen LogP contribution in [0.2, 0.25) is 5.02 Å². The van der Waals surface area contributed by atoms with E-state index in [2.05, 4.69) is 25.3 Å². The fraction of sp³-hybridized carbons (Fsp3) is 0.235. The van der Waals surface area contributed by atoms with Gasteiger partial charge in [0.2, 0.25) is 0 Å². The molecule has 0 amide bonds. The number of hydrogen-bond donors (Lipinski definition) is 3. The van der Waals surface area contributed by atoms with Crippen molar-refractivity contribution < 1.29 is 0 Å². The number of anilines is 1. The van der Waals surface area contributed by atoms with Crippen LogP contribution < -0.4 is 11.1 Å². The Morgan fingerprint density at radius 2 is 2.16 bits per heavy atom. The van der Waals surface area contributed by atoms with Crippen molar-refractivity contribution in [3.8, 4) is 11.4 Å². The van der Waals surface area contributed by atoms with Crippen LogP contribution in [0.5, 0.6) is 0 Å². The second kappa shape index (κ2) is 8.13. The number of nitrogens with zero attached hydrogens (tertiary/aromatic N) is 3. The van der Waals surface area contributed by atoms with Gasteiger partial charge in [0, 0.05) is 16.9 Å². The largest absolute Gasteiger partial charge is 0.370 e. The zero-order valence-corrected chi connectivity index (χ0v) is 15.4. The van der Waals surface area contributed by atoms with E-state index in [0.717, 1.165) is 35.1 Å². The van der Waals surface area contributed by atoms with Crippen molar-refractivity contribution in [2.24, 2.45) is 10.7 Å². The summed E-state index contributed by atoms with van der Waals surface area (Å²) in [5.41, 5.74) is 8.89. The Hall–Kier alpha value is -2.38. The van der Waals surface area contributed by atoms with Crippen LogP contribution in [0, 0.1) is 6.92 Å². The summed E-state index contributed by atoms with van der Waals surface area (Å²) in [5, 5.41) is 6.44. The van der Waals surface area contributed by atoms with Gasteiger partial charge in [0.1, 0.15) is 11.5 Å². The minimum Gasteiger partial charge on any atom is -0.370 e. The number of hydrogen-bond acceptors (Lipinski definition) is 4. The highest BCUT2D eigenvalue weighted by atomic mass is 35.5. The lowest BCUT2D eigenvalue weighted by Gasteiger charge is -2.02. The van der Waals surface area contributed by atoms with Gasteiger partial charge in [0.05, 0.1) is 11.9 Å². The quantitative estimate of drug-likeness (QED) is 0.347. The third-order valence-corrected chi connectivity index (χ3v) is 4.55. The van der Waals surface area contributed by atoms with Gasteiger partial charge < -0.3 is 16.0 Å². The molecule has 3 aromatic rings. The fourth-order valence-corrected chi connectivity index (χ4v) is 3.13. The number of aromatic nitrogens is 3. The molecule has 0 fully saturated rings. The van der Waals surface area contributed by atoms with E-state index < -0.39 is 0 Å². The van der Waals surface area contributed by atoms with Crippen LogP contribution in [0.3, 0.4) is 0 Å². The summed E-state index contributed by atoms with van der Waals surface area (Å²) in [6.07, 6.45) is 3.62. The van der Waals surface area contributed by atoms with Crippen molar-refractivity contribution in [2.75, 3.05) is 11.9 Å². The first-order valence-corrected chi connectivity index (χ1v) is 9.15. The number of nitrogens with two attached hydrogens (primary N) is 1. The molecule has 0 spiro atoms. The summed E-state index contributed by atoms with van der Waals surface area (Å²) in [6.45, 7) is 2.56. The van der Waals surface area contributed by atoms with Crippen molar-refractivity contribution in [1.82, 2.24) is 15.0 Å². The smallest absolute Gasteiger partial charge is 0.194 e. The lowest BCUT2D eigenvalue weighted by molar-refractivity contribution is 0.832. The van der Waals surface area contributed by atoms with E-state index in [4.69, 9.17) is 17.3 Å². The molecule has 130 valence electrons. The molecule has 0 radical (unpaired) electrons. The number of H-pyrrole nitrogens is 1. The molecule has 1 aromatic carbocycles. The summed E-state index contributed by atoms with van der Waals surface area (Å²) < 4.78 is 0. The molecule has 0 saturated carbocycles. The van der Waals surface area contributed by atoms with Gasteiger partial charge in [-0.1, -0.05) is 23.7 Å². The van der Waals surface area contributed by atoms with Crippen LogP contribution in [-0.2, 0) is 6.42 Å². The highest BCUT2D eigenvalue weighted by molar-refractivity contribution is 7.14. The Labute approximate surface area is 155 Å². The number of halogens is 1. The predicted octanol–water partition coefficient (Wildman–Crippen LogP) is 3.85. The number of nitrogens with one attached hydrogen (secondary N) is 2. The molecule has 2 aromatic heterocycles. The van der Waals surface area contributed by atoms with E-state index >= 15 is 0 Å². The standard InChI is InChI=1S/C17H19ClN6S/c1-11-21-9-14(22-11)15-10-25-17(23-15)24-16(19)20-8-2-3-12-4-6-13(18)7-5-12/h4-7,9-10H,2-3,8H2,1H3,(H,21,22)(H3,19,20,23,24). The van der Waals surface area contributed by atoms with Gasteiger partial charge in [-0.05, 0) is 37.5 Å². The van der Waals surface area contributed by atoms with Crippen molar-refractivity contribution in [3.05, 3.63) is 52.3 Å². The maximum atomic E-state index is 5.93. The van der Waals surface area contributed by atoms with Gasteiger partial charge in [-0.25, -0.2) is 9.97 Å². The van der Waals surface area contributed by atoms with Gasteiger partial charge in [-0.2, -0.15) is 0 Å². The topological polar surface area (TPSA) is 92.0 Å². The molecular weight excluding hydrogens is 356 g/mol. The number of aryl methyl sites for hydroxylation is 2. The minimum atomic E-state index is 0.373. The Morgan fingerprint density at radius 1 is 1.36 bits per heavy atom. The maximum absolute atomic E-state index is 5.93. The average Bonchev–Trinajstić information content (AvgIpc) is 3.22. The molecule has 0 aliphatic rings. The highest BCUT2D eigenvalue weighted by Gasteiger charge is 2.07. The second-order valence-corrected chi connectivity index (χ2v) is 6.84. The molecule has 25 heavy (non-hydrogen) atoms. The van der Waals surface area contributed by atoms with E-state index in [1.807, 2.05) is 36.6 Å². The van der Waals surface area contributed by atoms with Crippen molar-refractivity contribution in [1.29, 1.82) is 0 Å². The highest BCUT2D eigenvalue weighted by Crippen LogP contribution is 2.23. The second-order valence-electron chi connectivity index (χ2n) is 5.54. The van der Waals surface area contributed by atoms with E-state index in [9.17, 15) is 0 Å². The minimum absolute atomic E-state index is 0.373. The molecular formula is C17H19ClN6S. The number of thiazole rings is 1. The Balaban J connectivity index is 1.48. The van der Waals surface area contributed by atoms with Crippen molar-refractivity contribution in [3.63, 3.8) is 0 Å². The Bertz CT molecular complexity index is 852. The first-order chi connectivity index (χ1) is 12.1. The van der Waals surface area contributed by atoms with Crippen molar-refractivity contribution in [2.45, 2.75) is 19.8 Å². The monoisotopic (exact) mass is 374 g/mol. The Kier molecular flexibility index (Phi) is 5.67. The van der Waals surface area contributed by atoms with Gasteiger partial charge in [0.15, 0.2) is 11.1 Å². The molecule has 0 atom stereocenters. The predicted molar refractivity (Wildman–Crippen MR) is 104 cm³/mol.